The van der Waals surface area contributed by atoms with Crippen molar-refractivity contribution in [1.82, 2.24) is 15.1 Å². The molecule has 1 aromatic carbocycles. The lowest BCUT2D eigenvalue weighted by Gasteiger charge is -2.20. The molecule has 2 aromatic rings. The number of hydrogen-bond donors (Lipinski definition) is 1. The molecule has 0 radical (unpaired) electrons. The van der Waals surface area contributed by atoms with Crippen molar-refractivity contribution in [3.63, 3.8) is 0 Å². The van der Waals surface area contributed by atoms with E-state index in [1.807, 2.05) is 23.9 Å². The minimum Gasteiger partial charge on any atom is -0.493 e. The first kappa shape index (κ1) is 15.6. The first-order valence-electron chi connectivity index (χ1n) is 6.32. The van der Waals surface area contributed by atoms with Crippen molar-refractivity contribution >= 4 is 34.2 Å². The van der Waals surface area contributed by atoms with Crippen LogP contribution in [0.3, 0.4) is 0 Å². The summed E-state index contributed by atoms with van der Waals surface area (Å²) in [6, 6.07) is 6.08. The summed E-state index contributed by atoms with van der Waals surface area (Å²) in [6.45, 7) is 2.91. The fraction of sp³-hybridized carbons (Fsp3) is 0.357. The lowest BCUT2D eigenvalue weighted by atomic mass is 10.0. The van der Waals surface area contributed by atoms with Crippen molar-refractivity contribution in [2.75, 3.05) is 13.7 Å². The van der Waals surface area contributed by atoms with E-state index in [0.29, 0.717) is 0 Å². The Balaban J connectivity index is 2.49. The average molecular weight is 406 g/mol. The maximum atomic E-state index is 6.24. The molecule has 6 heteroatoms. The molecule has 0 aliphatic heterocycles. The van der Waals surface area contributed by atoms with E-state index in [-0.39, 0.29) is 6.04 Å². The van der Waals surface area contributed by atoms with Gasteiger partial charge in [-0.3, -0.25) is 4.68 Å². The van der Waals surface area contributed by atoms with E-state index in [4.69, 9.17) is 16.3 Å². The number of ether oxygens (including phenoxy) is 1. The highest BCUT2D eigenvalue weighted by atomic mass is 127. The van der Waals surface area contributed by atoms with Gasteiger partial charge in [0.25, 0.3) is 0 Å². The number of rotatable bonds is 5. The molecule has 0 saturated carbocycles. The Kier molecular flexibility index (Phi) is 5.29. The van der Waals surface area contributed by atoms with Gasteiger partial charge in [0.1, 0.15) is 5.69 Å². The third kappa shape index (κ3) is 3.10. The summed E-state index contributed by atoms with van der Waals surface area (Å²) in [6.07, 6.45) is 1.73. The predicted octanol–water partition coefficient (Wildman–Crippen LogP) is 3.39. The second kappa shape index (κ2) is 6.78. The van der Waals surface area contributed by atoms with Crippen LogP contribution in [0.2, 0.25) is 5.02 Å². The number of methoxy groups -OCH3 is 1. The molecule has 0 aliphatic rings. The van der Waals surface area contributed by atoms with E-state index in [1.54, 1.807) is 13.3 Å². The minimum absolute atomic E-state index is 0.00282. The molecule has 0 fully saturated rings. The largest absolute Gasteiger partial charge is 0.493 e. The zero-order chi connectivity index (χ0) is 14.7. The van der Waals surface area contributed by atoms with Crippen LogP contribution in [0.15, 0.2) is 24.4 Å². The number of aromatic nitrogens is 2. The summed E-state index contributed by atoms with van der Waals surface area (Å²) < 4.78 is 8.28. The molecular formula is C14H17ClIN3O. The van der Waals surface area contributed by atoms with Crippen molar-refractivity contribution in [2.24, 2.45) is 7.05 Å². The van der Waals surface area contributed by atoms with Crippen molar-refractivity contribution in [3.05, 3.63) is 44.2 Å². The Hall–Kier alpha value is -0.790. The quantitative estimate of drug-likeness (QED) is 0.775. The Morgan fingerprint density at radius 3 is 2.85 bits per heavy atom. The topological polar surface area (TPSA) is 39.1 Å². The lowest BCUT2D eigenvalue weighted by Crippen LogP contribution is -2.24. The van der Waals surface area contributed by atoms with Crippen LogP contribution in [-0.2, 0) is 7.05 Å². The van der Waals surface area contributed by atoms with Gasteiger partial charge in [0, 0.05) is 10.6 Å². The molecular weight excluding hydrogens is 389 g/mol. The summed E-state index contributed by atoms with van der Waals surface area (Å²) in [5.41, 5.74) is 2.09. The molecule has 1 unspecified atom stereocenters. The summed E-state index contributed by atoms with van der Waals surface area (Å²) in [5, 5.41) is 8.49. The SMILES string of the molecule is CCNC(c1ccc(I)c(Cl)c1)c1c(OC)cnn1C. The van der Waals surface area contributed by atoms with E-state index in [9.17, 15) is 0 Å². The fourth-order valence-corrected chi connectivity index (χ4v) is 2.71. The maximum Gasteiger partial charge on any atom is 0.161 e. The number of hydrogen-bond acceptors (Lipinski definition) is 3. The van der Waals surface area contributed by atoms with Crippen LogP contribution in [0.1, 0.15) is 24.2 Å². The van der Waals surface area contributed by atoms with E-state index in [1.165, 1.54) is 0 Å². The molecule has 0 spiro atoms. The molecule has 0 aliphatic carbocycles. The van der Waals surface area contributed by atoms with Crippen LogP contribution in [-0.4, -0.2) is 23.4 Å². The highest BCUT2D eigenvalue weighted by Crippen LogP contribution is 2.31. The molecule has 108 valence electrons. The molecule has 1 aromatic heterocycles. The van der Waals surface area contributed by atoms with Gasteiger partial charge in [0.2, 0.25) is 0 Å². The second-order valence-electron chi connectivity index (χ2n) is 4.39. The monoisotopic (exact) mass is 405 g/mol. The van der Waals surface area contributed by atoms with Crippen LogP contribution in [0, 0.1) is 3.57 Å². The summed E-state index contributed by atoms with van der Waals surface area (Å²) in [5.74, 6) is 0.771. The Morgan fingerprint density at radius 2 is 2.25 bits per heavy atom. The van der Waals surface area contributed by atoms with Gasteiger partial charge in [-0.05, 0) is 46.8 Å². The van der Waals surface area contributed by atoms with Gasteiger partial charge in [-0.15, -0.1) is 0 Å². The Bertz CT molecular complexity index is 600. The number of aryl methyl sites for hydroxylation is 1. The van der Waals surface area contributed by atoms with Crippen LogP contribution < -0.4 is 10.1 Å². The van der Waals surface area contributed by atoms with Crippen LogP contribution in [0.25, 0.3) is 0 Å². The maximum absolute atomic E-state index is 6.24. The van der Waals surface area contributed by atoms with Crippen molar-refractivity contribution in [3.8, 4) is 5.75 Å². The molecule has 2 rings (SSSR count). The van der Waals surface area contributed by atoms with Gasteiger partial charge < -0.3 is 10.1 Å². The molecule has 20 heavy (non-hydrogen) atoms. The molecule has 1 heterocycles. The minimum atomic E-state index is -0.00282. The Morgan fingerprint density at radius 1 is 1.50 bits per heavy atom. The molecule has 0 bridgehead atoms. The smallest absolute Gasteiger partial charge is 0.161 e. The van der Waals surface area contributed by atoms with Crippen LogP contribution >= 0.6 is 34.2 Å². The third-order valence-corrected chi connectivity index (χ3v) is 4.70. The van der Waals surface area contributed by atoms with E-state index >= 15 is 0 Å². The second-order valence-corrected chi connectivity index (χ2v) is 5.96. The van der Waals surface area contributed by atoms with Crippen molar-refractivity contribution in [2.45, 2.75) is 13.0 Å². The van der Waals surface area contributed by atoms with Crippen molar-refractivity contribution in [1.29, 1.82) is 0 Å². The molecule has 4 nitrogen and oxygen atoms in total. The summed E-state index contributed by atoms with van der Waals surface area (Å²) in [7, 11) is 3.57. The Labute approximate surface area is 137 Å². The third-order valence-electron chi connectivity index (χ3n) is 3.13. The summed E-state index contributed by atoms with van der Waals surface area (Å²) in [4.78, 5) is 0. The van der Waals surface area contributed by atoms with E-state index < -0.39 is 0 Å². The lowest BCUT2D eigenvalue weighted by molar-refractivity contribution is 0.401. The van der Waals surface area contributed by atoms with Gasteiger partial charge >= 0.3 is 0 Å². The van der Waals surface area contributed by atoms with E-state index in [2.05, 4.69) is 46.0 Å². The van der Waals surface area contributed by atoms with Gasteiger partial charge in [0.05, 0.1) is 24.4 Å². The average Bonchev–Trinajstić information content (AvgIpc) is 2.80. The van der Waals surface area contributed by atoms with E-state index in [0.717, 1.165) is 32.1 Å². The first-order chi connectivity index (χ1) is 9.58. The zero-order valence-corrected chi connectivity index (χ0v) is 14.6. The number of nitrogens with zero attached hydrogens (tertiary/aromatic N) is 2. The van der Waals surface area contributed by atoms with Gasteiger partial charge in [0.15, 0.2) is 5.75 Å². The number of halogens is 2. The highest BCUT2D eigenvalue weighted by molar-refractivity contribution is 14.1. The van der Waals surface area contributed by atoms with Crippen molar-refractivity contribution < 1.29 is 4.74 Å². The zero-order valence-electron chi connectivity index (χ0n) is 11.7. The molecule has 1 N–H and O–H groups in total. The predicted molar refractivity (Wildman–Crippen MR) is 89.4 cm³/mol. The highest BCUT2D eigenvalue weighted by Gasteiger charge is 2.22. The summed E-state index contributed by atoms with van der Waals surface area (Å²) >= 11 is 8.47. The molecule has 0 saturated heterocycles. The van der Waals surface area contributed by atoms with Crippen LogP contribution in [0.5, 0.6) is 5.75 Å². The molecule has 1 atom stereocenters. The fourth-order valence-electron chi connectivity index (χ4n) is 2.18. The van der Waals surface area contributed by atoms with Gasteiger partial charge in [-0.2, -0.15) is 5.10 Å². The normalized spacial score (nSPS) is 12.4. The number of nitrogens with one attached hydrogen (secondary N) is 1. The standard InChI is InChI=1S/C14H17ClIN3O/c1-4-17-13(9-5-6-11(16)10(15)7-9)14-12(20-3)8-18-19(14)2/h5-8,13,17H,4H2,1-3H3. The van der Waals surface area contributed by atoms with Crippen LogP contribution in [0.4, 0.5) is 0 Å². The van der Waals surface area contributed by atoms with Gasteiger partial charge in [-0.25, -0.2) is 0 Å². The van der Waals surface area contributed by atoms with Gasteiger partial charge in [-0.1, -0.05) is 24.6 Å². The number of benzene rings is 1. The molecule has 0 amide bonds. The first-order valence-corrected chi connectivity index (χ1v) is 7.78.